The molecule has 25 heavy (non-hydrogen) atoms. The normalized spacial score (nSPS) is 9.76. The third-order valence-corrected chi connectivity index (χ3v) is 3.11. The fraction of sp³-hybridized carbons (Fsp3) is 0.0714. The van der Waals surface area contributed by atoms with Gasteiger partial charge in [0.05, 0.1) is 24.0 Å². The average Bonchev–Trinajstić information content (AvgIpc) is 2.53. The Morgan fingerprint density at radius 2 is 1.80 bits per heavy atom. The number of benzene rings is 1. The third kappa shape index (κ3) is 5.24. The van der Waals surface area contributed by atoms with Gasteiger partial charge in [-0.25, -0.2) is 14.8 Å². The van der Waals surface area contributed by atoms with Gasteiger partial charge in [0.1, 0.15) is 0 Å². The van der Waals surface area contributed by atoms with Crippen molar-refractivity contribution in [2.45, 2.75) is 6.54 Å². The van der Waals surface area contributed by atoms with Gasteiger partial charge in [0.2, 0.25) is 5.95 Å². The summed E-state index contributed by atoms with van der Waals surface area (Å²) in [6.07, 6.45) is 1.56. The van der Waals surface area contributed by atoms with Crippen molar-refractivity contribution in [3.8, 4) is 0 Å². The number of aromatic nitrogens is 4. The number of hydrogen-bond donors (Lipinski definition) is 4. The summed E-state index contributed by atoms with van der Waals surface area (Å²) >= 11 is 0. The summed E-state index contributed by atoms with van der Waals surface area (Å²) in [5, 5.41) is 12.0. The molecule has 11 heteroatoms. The van der Waals surface area contributed by atoms with Gasteiger partial charge in [0, 0.05) is 5.69 Å². The molecule has 120 valence electrons. The number of rotatable bonds is 4. The number of nitrogen functional groups attached to an aromatic ring is 2. The third-order valence-electron chi connectivity index (χ3n) is 3.11. The van der Waals surface area contributed by atoms with E-state index < -0.39 is 5.97 Å². The Bertz CT molecular complexity index is 901. The molecule has 0 aliphatic carbocycles. The predicted octanol–water partition coefficient (Wildman–Crippen LogP) is -4.87. The van der Waals surface area contributed by atoms with Crippen molar-refractivity contribution in [3.63, 3.8) is 0 Å². The van der Waals surface area contributed by atoms with Gasteiger partial charge in [-0.05, 0) is 24.3 Å². The van der Waals surface area contributed by atoms with Gasteiger partial charge in [0.15, 0.2) is 17.0 Å². The first-order valence-electron chi connectivity index (χ1n) is 6.65. The number of fused-ring (bicyclic) bond motifs is 1. The molecule has 0 amide bonds. The van der Waals surface area contributed by atoms with Crippen LogP contribution < -0.4 is 75.9 Å². The van der Waals surface area contributed by atoms with Crippen LogP contribution in [0.1, 0.15) is 18.9 Å². The molecule has 0 aliphatic rings. The zero-order chi connectivity index (χ0) is 16.4. The Morgan fingerprint density at radius 3 is 2.44 bits per heavy atom. The molecule has 0 fully saturated rings. The van der Waals surface area contributed by atoms with Crippen molar-refractivity contribution in [3.05, 3.63) is 41.7 Å². The van der Waals surface area contributed by atoms with E-state index in [0.29, 0.717) is 23.4 Å². The van der Waals surface area contributed by atoms with Crippen molar-refractivity contribution < 1.29 is 71.9 Å². The molecule has 0 atom stereocenters. The predicted molar refractivity (Wildman–Crippen MR) is 86.9 cm³/mol. The van der Waals surface area contributed by atoms with Crippen molar-refractivity contribution in [1.82, 2.24) is 19.9 Å². The molecule has 9 nitrogen and oxygen atoms in total. The van der Waals surface area contributed by atoms with E-state index in [9.17, 15) is 4.79 Å². The molecule has 2 aromatic heterocycles. The smallest absolute Gasteiger partial charge is 1.00 e. The Kier molecular flexibility index (Phi) is 8.00. The number of nitrogens with two attached hydrogens (primary N) is 2. The van der Waals surface area contributed by atoms with Crippen LogP contribution in [0, 0.1) is 0 Å². The standard InChI is InChI=1S/C14H13N7O2.2Na.2H/c15-11-10-12(21-14(16)20-11)18-6-9(19-10)5-17-8-3-1-7(2-4-8)13(22)23;;;;/h1-4,6,17H,5H2,(H,22,23)(H4,15,16,18,20,21);;;;/q;2*+1;2*-1. The summed E-state index contributed by atoms with van der Waals surface area (Å²) < 4.78 is 0. The minimum absolute atomic E-state index is 0. The maximum absolute atomic E-state index is 10.8. The van der Waals surface area contributed by atoms with Gasteiger partial charge in [-0.2, -0.15) is 9.97 Å². The first kappa shape index (κ1) is 21.6. The van der Waals surface area contributed by atoms with E-state index in [1.807, 2.05) is 0 Å². The number of nitrogens with zero attached hydrogens (tertiary/aromatic N) is 4. The first-order valence-corrected chi connectivity index (χ1v) is 6.65. The molecule has 0 saturated heterocycles. The average molecular weight is 359 g/mol. The van der Waals surface area contributed by atoms with Crippen LogP contribution in [0.2, 0.25) is 0 Å². The van der Waals surface area contributed by atoms with Crippen LogP contribution in [-0.2, 0) is 6.54 Å². The molecule has 6 N–H and O–H groups in total. The van der Waals surface area contributed by atoms with Crippen molar-refractivity contribution in [2.75, 3.05) is 16.8 Å². The molecule has 3 rings (SSSR count). The molecule has 2 heterocycles. The first-order chi connectivity index (χ1) is 11.0. The summed E-state index contributed by atoms with van der Waals surface area (Å²) in [7, 11) is 0. The van der Waals surface area contributed by atoms with Gasteiger partial charge >= 0.3 is 65.1 Å². The topological polar surface area (TPSA) is 153 Å². The molecular weight excluding hydrogens is 344 g/mol. The van der Waals surface area contributed by atoms with Gasteiger partial charge in [0.25, 0.3) is 0 Å². The van der Waals surface area contributed by atoms with E-state index in [1.54, 1.807) is 18.3 Å². The van der Waals surface area contributed by atoms with Crippen LogP contribution in [-0.4, -0.2) is 31.0 Å². The summed E-state index contributed by atoms with van der Waals surface area (Å²) in [5.41, 5.74) is 13.6. The maximum atomic E-state index is 10.8. The van der Waals surface area contributed by atoms with Crippen molar-refractivity contribution >= 4 is 34.6 Å². The van der Waals surface area contributed by atoms with E-state index in [2.05, 4.69) is 25.3 Å². The molecule has 0 spiro atoms. The molecular formula is C14H15N7Na2O2. The number of hydrogen-bond acceptors (Lipinski definition) is 8. The van der Waals surface area contributed by atoms with E-state index in [1.165, 1.54) is 12.1 Å². The quantitative estimate of drug-likeness (QED) is 0.336. The summed E-state index contributed by atoms with van der Waals surface area (Å²) in [5.74, 6) is -0.743. The van der Waals surface area contributed by atoms with Gasteiger partial charge in [-0.15, -0.1) is 0 Å². The number of aromatic carboxylic acids is 1. The second kappa shape index (κ2) is 9.27. The largest absolute Gasteiger partial charge is 1.00 e. The van der Waals surface area contributed by atoms with Crippen LogP contribution in [0.4, 0.5) is 17.5 Å². The Morgan fingerprint density at radius 1 is 1.12 bits per heavy atom. The van der Waals surface area contributed by atoms with Gasteiger partial charge in [-0.1, -0.05) is 0 Å². The van der Waals surface area contributed by atoms with E-state index in [0.717, 1.165) is 5.69 Å². The second-order valence-electron chi connectivity index (χ2n) is 4.74. The van der Waals surface area contributed by atoms with Crippen LogP contribution in [0.15, 0.2) is 30.5 Å². The SMILES string of the molecule is Nc1nc(N)c2nc(CNc3ccc(C(=O)O)cc3)cnc2n1.[H-].[H-].[Na+].[Na+]. The van der Waals surface area contributed by atoms with Crippen LogP contribution in [0.3, 0.4) is 0 Å². The number of carboxylic acid groups (broad SMARTS) is 1. The molecule has 0 radical (unpaired) electrons. The molecule has 0 saturated carbocycles. The minimum atomic E-state index is -0.966. The number of carbonyl (C=O) groups is 1. The Labute approximate surface area is 190 Å². The van der Waals surface area contributed by atoms with Crippen LogP contribution >= 0.6 is 0 Å². The monoisotopic (exact) mass is 359 g/mol. The molecule has 0 aliphatic heterocycles. The molecule has 0 bridgehead atoms. The molecule has 0 unspecified atom stereocenters. The summed E-state index contributed by atoms with van der Waals surface area (Å²) in [6, 6.07) is 6.39. The Balaban J connectivity index is 0. The molecule has 3 aromatic rings. The number of anilines is 3. The zero-order valence-corrected chi connectivity index (χ0v) is 17.9. The van der Waals surface area contributed by atoms with Crippen molar-refractivity contribution in [2.24, 2.45) is 0 Å². The maximum Gasteiger partial charge on any atom is 1.00 e. The fourth-order valence-electron chi connectivity index (χ4n) is 1.99. The van der Waals surface area contributed by atoms with Crippen LogP contribution in [0.5, 0.6) is 0 Å². The minimum Gasteiger partial charge on any atom is -1.00 e. The number of carboxylic acids is 1. The summed E-state index contributed by atoms with van der Waals surface area (Å²) in [6.45, 7) is 0.388. The Hall–Kier alpha value is -1.49. The van der Waals surface area contributed by atoms with Crippen molar-refractivity contribution in [1.29, 1.82) is 0 Å². The second-order valence-corrected chi connectivity index (χ2v) is 4.74. The molecule has 1 aromatic carbocycles. The fourth-order valence-corrected chi connectivity index (χ4v) is 1.99. The summed E-state index contributed by atoms with van der Waals surface area (Å²) in [4.78, 5) is 27.1. The van der Waals surface area contributed by atoms with Gasteiger partial charge < -0.3 is 24.7 Å². The van der Waals surface area contributed by atoms with E-state index >= 15 is 0 Å². The van der Waals surface area contributed by atoms with Crippen LogP contribution in [0.25, 0.3) is 11.2 Å². The van der Waals surface area contributed by atoms with E-state index in [-0.39, 0.29) is 79.3 Å². The van der Waals surface area contributed by atoms with E-state index in [4.69, 9.17) is 16.6 Å². The van der Waals surface area contributed by atoms with Gasteiger partial charge in [-0.3, -0.25) is 0 Å². The zero-order valence-electron chi connectivity index (χ0n) is 15.9. The number of nitrogens with one attached hydrogen (secondary N) is 1.